The van der Waals surface area contributed by atoms with Crippen LogP contribution < -0.4 is 0 Å². The Balaban J connectivity index is 4.53. The standard InChI is InChI=1S/C36H63NO7/c1-6-8-10-12-14-15-16-17-18-19-21-23-25-27-35(39)44-32(30-42-29-28-33(36(40)41)37(3,4)5)31-43-34(38)26-24-22-20-13-11-9-7-2/h9,11,17-18,20,22,32-33H,6-8,10,12-16,19,21,23-31H2,1-5H3/p+1/b11-9+,18-17+,22-20+. The maximum atomic E-state index is 12.6. The number of allylic oxidation sites excluding steroid dienone is 6. The van der Waals surface area contributed by atoms with Crippen molar-refractivity contribution < 1.29 is 38.2 Å². The molecule has 0 aromatic heterocycles. The minimum absolute atomic E-state index is 0.0373. The normalized spacial score (nSPS) is 13.6. The zero-order chi connectivity index (χ0) is 32.9. The summed E-state index contributed by atoms with van der Waals surface area (Å²) in [6.45, 7) is 4.47. The van der Waals surface area contributed by atoms with Crippen LogP contribution in [-0.4, -0.2) is 80.6 Å². The molecule has 0 saturated heterocycles. The Labute approximate surface area is 268 Å². The lowest BCUT2D eigenvalue weighted by Gasteiger charge is -2.31. The third-order valence-corrected chi connectivity index (χ3v) is 7.29. The molecule has 0 aromatic carbocycles. The summed E-state index contributed by atoms with van der Waals surface area (Å²) in [7, 11) is 5.48. The molecule has 0 spiro atoms. The van der Waals surface area contributed by atoms with Crippen LogP contribution in [0.3, 0.4) is 0 Å². The van der Waals surface area contributed by atoms with Crippen LogP contribution in [0.15, 0.2) is 36.5 Å². The van der Waals surface area contributed by atoms with Crippen molar-refractivity contribution in [3.63, 3.8) is 0 Å². The first-order valence-electron chi connectivity index (χ1n) is 17.0. The maximum absolute atomic E-state index is 12.6. The zero-order valence-corrected chi connectivity index (χ0v) is 28.6. The molecule has 0 bridgehead atoms. The van der Waals surface area contributed by atoms with Gasteiger partial charge in [0.05, 0.1) is 34.4 Å². The second-order valence-corrected chi connectivity index (χ2v) is 12.4. The fraction of sp³-hybridized carbons (Fsp3) is 0.750. The quantitative estimate of drug-likeness (QED) is 0.0391. The van der Waals surface area contributed by atoms with Gasteiger partial charge in [0.1, 0.15) is 6.61 Å². The maximum Gasteiger partial charge on any atom is 0.362 e. The second kappa shape index (κ2) is 28.1. The number of likely N-dealkylation sites (N-methyl/N-ethyl adjacent to an activating group) is 1. The molecule has 0 aliphatic heterocycles. The van der Waals surface area contributed by atoms with E-state index < -0.39 is 18.1 Å². The number of aliphatic carboxylic acids is 1. The van der Waals surface area contributed by atoms with Crippen molar-refractivity contribution in [3.8, 4) is 0 Å². The van der Waals surface area contributed by atoms with E-state index in [0.29, 0.717) is 19.3 Å². The Hall–Kier alpha value is -2.45. The van der Waals surface area contributed by atoms with Gasteiger partial charge >= 0.3 is 17.9 Å². The molecule has 0 rings (SSSR count). The number of esters is 2. The van der Waals surface area contributed by atoms with Gasteiger partial charge in [0.15, 0.2) is 12.1 Å². The van der Waals surface area contributed by atoms with Gasteiger partial charge in [-0.15, -0.1) is 0 Å². The first-order chi connectivity index (χ1) is 21.1. The van der Waals surface area contributed by atoms with Crippen LogP contribution in [0.4, 0.5) is 0 Å². The molecule has 0 radical (unpaired) electrons. The molecular weight excluding hydrogens is 558 g/mol. The molecule has 8 nitrogen and oxygen atoms in total. The van der Waals surface area contributed by atoms with Crippen molar-refractivity contribution in [1.82, 2.24) is 0 Å². The van der Waals surface area contributed by atoms with Crippen molar-refractivity contribution in [2.75, 3.05) is 41.0 Å². The highest BCUT2D eigenvalue weighted by Gasteiger charge is 2.31. The van der Waals surface area contributed by atoms with E-state index in [1.807, 2.05) is 33.3 Å². The smallest absolute Gasteiger partial charge is 0.362 e. The van der Waals surface area contributed by atoms with Gasteiger partial charge in [-0.25, -0.2) is 4.79 Å². The molecule has 0 aromatic rings. The van der Waals surface area contributed by atoms with Gasteiger partial charge in [-0.3, -0.25) is 9.59 Å². The number of hydrogen-bond acceptors (Lipinski definition) is 6. The fourth-order valence-electron chi connectivity index (χ4n) is 4.61. The first kappa shape index (κ1) is 41.5. The van der Waals surface area contributed by atoms with Crippen LogP contribution in [0.1, 0.15) is 123 Å². The lowest BCUT2D eigenvalue weighted by molar-refractivity contribution is -0.887. The Morgan fingerprint density at radius 3 is 1.95 bits per heavy atom. The molecule has 8 heteroatoms. The molecule has 2 atom stereocenters. The first-order valence-corrected chi connectivity index (χ1v) is 17.0. The Kier molecular flexibility index (Phi) is 26.5. The summed E-state index contributed by atoms with van der Waals surface area (Å²) in [4.78, 5) is 36.4. The van der Waals surface area contributed by atoms with Crippen LogP contribution in [0, 0.1) is 0 Å². The van der Waals surface area contributed by atoms with Gasteiger partial charge in [0.25, 0.3) is 0 Å². The number of carboxylic acid groups (broad SMARTS) is 1. The van der Waals surface area contributed by atoms with E-state index in [-0.39, 0.29) is 42.7 Å². The van der Waals surface area contributed by atoms with Crippen LogP contribution in [0.5, 0.6) is 0 Å². The lowest BCUT2D eigenvalue weighted by atomic mass is 10.1. The van der Waals surface area contributed by atoms with Crippen molar-refractivity contribution >= 4 is 17.9 Å². The van der Waals surface area contributed by atoms with E-state index in [1.54, 1.807) is 0 Å². The predicted molar refractivity (Wildman–Crippen MR) is 178 cm³/mol. The van der Waals surface area contributed by atoms with Gasteiger partial charge in [0, 0.05) is 19.3 Å². The molecule has 1 N–H and O–H groups in total. The van der Waals surface area contributed by atoms with E-state index in [9.17, 15) is 19.5 Å². The number of rotatable bonds is 29. The minimum Gasteiger partial charge on any atom is -0.477 e. The number of ether oxygens (including phenoxy) is 3. The summed E-state index contributed by atoms with van der Waals surface area (Å²) in [5.41, 5.74) is 0. The molecule has 0 fully saturated rings. The number of carbonyl (C=O) groups excluding carboxylic acids is 2. The van der Waals surface area contributed by atoms with E-state index in [2.05, 4.69) is 38.2 Å². The molecule has 2 unspecified atom stereocenters. The summed E-state index contributed by atoms with van der Waals surface area (Å²) < 4.78 is 17.0. The third kappa shape index (κ3) is 26.0. The average Bonchev–Trinajstić information content (AvgIpc) is 2.96. The molecule has 0 aliphatic rings. The second-order valence-electron chi connectivity index (χ2n) is 12.4. The minimum atomic E-state index is -0.887. The van der Waals surface area contributed by atoms with Gasteiger partial charge in [0.2, 0.25) is 0 Å². The molecular formula is C36H64NO7+. The van der Waals surface area contributed by atoms with E-state index in [4.69, 9.17) is 14.2 Å². The van der Waals surface area contributed by atoms with E-state index >= 15 is 0 Å². The Morgan fingerprint density at radius 2 is 1.32 bits per heavy atom. The Morgan fingerprint density at radius 1 is 0.705 bits per heavy atom. The number of nitrogens with zero attached hydrogens (tertiary/aromatic N) is 1. The number of unbranched alkanes of at least 4 members (excludes halogenated alkanes) is 9. The number of carbonyl (C=O) groups is 3. The fourth-order valence-corrected chi connectivity index (χ4v) is 4.61. The highest BCUT2D eigenvalue weighted by molar-refractivity contribution is 5.72. The van der Waals surface area contributed by atoms with Crippen LogP contribution in [0.2, 0.25) is 0 Å². The number of hydrogen-bond donors (Lipinski definition) is 1. The van der Waals surface area contributed by atoms with E-state index in [1.165, 1.54) is 38.5 Å². The van der Waals surface area contributed by atoms with Gasteiger partial charge in [-0.05, 0) is 51.4 Å². The van der Waals surface area contributed by atoms with Gasteiger partial charge < -0.3 is 23.8 Å². The molecule has 0 aliphatic carbocycles. The summed E-state index contributed by atoms with van der Waals surface area (Å²) in [6, 6.07) is -0.621. The molecule has 254 valence electrons. The topological polar surface area (TPSA) is 99.1 Å². The SMILES string of the molecule is CC/C=C/C/C=C/CCC(=O)OCC(COCCC(C(=O)O)[N+](C)(C)C)OC(=O)CCCCC/C=C/CCCCCCCC. The molecule has 44 heavy (non-hydrogen) atoms. The van der Waals surface area contributed by atoms with Gasteiger partial charge in [-0.2, -0.15) is 0 Å². The van der Waals surface area contributed by atoms with Crippen molar-refractivity contribution in [3.05, 3.63) is 36.5 Å². The summed E-state index contributed by atoms with van der Waals surface area (Å²) >= 11 is 0. The average molecular weight is 623 g/mol. The molecule has 0 heterocycles. The summed E-state index contributed by atoms with van der Waals surface area (Å²) in [5.74, 6) is -1.59. The predicted octanol–water partition coefficient (Wildman–Crippen LogP) is 7.96. The zero-order valence-electron chi connectivity index (χ0n) is 28.6. The largest absolute Gasteiger partial charge is 0.477 e. The molecule has 0 saturated carbocycles. The highest BCUT2D eigenvalue weighted by atomic mass is 16.6. The highest BCUT2D eigenvalue weighted by Crippen LogP contribution is 2.11. The molecule has 0 amide bonds. The van der Waals surface area contributed by atoms with Crippen LogP contribution >= 0.6 is 0 Å². The Bertz CT molecular complexity index is 829. The number of quaternary nitrogens is 1. The van der Waals surface area contributed by atoms with Crippen LogP contribution in [-0.2, 0) is 28.6 Å². The van der Waals surface area contributed by atoms with Crippen molar-refractivity contribution in [2.24, 2.45) is 0 Å². The van der Waals surface area contributed by atoms with Crippen LogP contribution in [0.25, 0.3) is 0 Å². The summed E-state index contributed by atoms with van der Waals surface area (Å²) in [5, 5.41) is 9.53. The van der Waals surface area contributed by atoms with Crippen molar-refractivity contribution in [2.45, 2.75) is 135 Å². The third-order valence-electron chi connectivity index (χ3n) is 7.29. The number of carboxylic acids is 1. The summed E-state index contributed by atoms with van der Waals surface area (Å²) in [6.07, 6.45) is 28.0. The monoisotopic (exact) mass is 622 g/mol. The lowest BCUT2D eigenvalue weighted by Crippen LogP contribution is -2.50. The van der Waals surface area contributed by atoms with Crippen molar-refractivity contribution in [1.29, 1.82) is 0 Å². The van der Waals surface area contributed by atoms with Gasteiger partial charge in [-0.1, -0.05) is 88.8 Å². The van der Waals surface area contributed by atoms with E-state index in [0.717, 1.165) is 44.9 Å².